The zero-order chi connectivity index (χ0) is 17.5. The maximum atomic E-state index is 12.1. The van der Waals surface area contributed by atoms with Crippen molar-refractivity contribution in [3.63, 3.8) is 0 Å². The number of carbonyl (C=O) groups is 2. The molecule has 0 saturated heterocycles. The number of hydrogen-bond acceptors (Lipinski definition) is 5. The fourth-order valence-corrected chi connectivity index (χ4v) is 2.08. The van der Waals surface area contributed by atoms with Gasteiger partial charge in [0.1, 0.15) is 0 Å². The highest BCUT2D eigenvalue weighted by molar-refractivity contribution is 5.97. The van der Waals surface area contributed by atoms with E-state index in [1.807, 2.05) is 13.0 Å². The Hall–Kier alpha value is -3.33. The van der Waals surface area contributed by atoms with Gasteiger partial charge < -0.3 is 15.4 Å². The molecule has 24 heavy (non-hydrogen) atoms. The van der Waals surface area contributed by atoms with Crippen molar-refractivity contribution in [3.8, 4) is 6.07 Å². The average Bonchev–Trinajstić information content (AvgIpc) is 2.61. The van der Waals surface area contributed by atoms with E-state index in [1.165, 1.54) is 7.11 Å². The number of methoxy groups -OCH3 is 1. The van der Waals surface area contributed by atoms with Crippen LogP contribution in [0, 0.1) is 18.3 Å². The predicted octanol–water partition coefficient (Wildman–Crippen LogP) is 2.70. The molecule has 0 fully saturated rings. The molecule has 1 amide bonds. The van der Waals surface area contributed by atoms with Crippen LogP contribution in [0.15, 0.2) is 42.5 Å². The lowest BCUT2D eigenvalue weighted by Gasteiger charge is -2.11. The maximum absolute atomic E-state index is 12.1. The van der Waals surface area contributed by atoms with Crippen molar-refractivity contribution in [2.75, 3.05) is 24.3 Å². The van der Waals surface area contributed by atoms with Crippen molar-refractivity contribution >= 4 is 23.3 Å². The van der Waals surface area contributed by atoms with Gasteiger partial charge >= 0.3 is 5.97 Å². The van der Waals surface area contributed by atoms with Crippen LogP contribution in [0.4, 0.5) is 11.4 Å². The van der Waals surface area contributed by atoms with E-state index in [-0.39, 0.29) is 12.5 Å². The van der Waals surface area contributed by atoms with Gasteiger partial charge in [-0.25, -0.2) is 4.79 Å². The highest BCUT2D eigenvalue weighted by Crippen LogP contribution is 2.17. The van der Waals surface area contributed by atoms with Gasteiger partial charge in [0.05, 0.1) is 30.9 Å². The second-order valence-corrected chi connectivity index (χ2v) is 5.12. The largest absolute Gasteiger partial charge is 0.465 e. The zero-order valence-corrected chi connectivity index (χ0v) is 13.4. The Bertz CT molecular complexity index is 809. The summed E-state index contributed by atoms with van der Waals surface area (Å²) in [6, 6.07) is 13.9. The van der Waals surface area contributed by atoms with E-state index in [0.717, 1.165) is 5.56 Å². The van der Waals surface area contributed by atoms with Crippen molar-refractivity contribution in [2.45, 2.75) is 6.92 Å². The van der Waals surface area contributed by atoms with Gasteiger partial charge in [-0.3, -0.25) is 4.79 Å². The van der Waals surface area contributed by atoms with Crippen LogP contribution in [-0.4, -0.2) is 25.5 Å². The van der Waals surface area contributed by atoms with E-state index in [0.29, 0.717) is 22.5 Å². The summed E-state index contributed by atoms with van der Waals surface area (Å²) >= 11 is 0. The molecule has 2 rings (SSSR count). The minimum absolute atomic E-state index is 0.0385. The molecule has 0 radical (unpaired) electrons. The summed E-state index contributed by atoms with van der Waals surface area (Å²) in [6.07, 6.45) is 0. The number of amides is 1. The third-order valence-electron chi connectivity index (χ3n) is 3.38. The highest BCUT2D eigenvalue weighted by Gasteiger charge is 2.10. The Kier molecular flexibility index (Phi) is 5.53. The molecule has 2 aromatic carbocycles. The molecule has 0 aromatic heterocycles. The van der Waals surface area contributed by atoms with E-state index in [1.54, 1.807) is 42.5 Å². The van der Waals surface area contributed by atoms with Crippen LogP contribution in [0.1, 0.15) is 21.5 Å². The summed E-state index contributed by atoms with van der Waals surface area (Å²) in [7, 11) is 1.31. The fourth-order valence-electron chi connectivity index (χ4n) is 2.08. The van der Waals surface area contributed by atoms with Crippen LogP contribution < -0.4 is 10.6 Å². The van der Waals surface area contributed by atoms with Crippen molar-refractivity contribution < 1.29 is 14.3 Å². The van der Waals surface area contributed by atoms with Gasteiger partial charge in [-0.05, 0) is 42.8 Å². The summed E-state index contributed by atoms with van der Waals surface area (Å²) in [4.78, 5) is 23.6. The summed E-state index contributed by atoms with van der Waals surface area (Å²) in [6.45, 7) is 1.87. The lowest BCUT2D eigenvalue weighted by Crippen LogP contribution is -2.22. The summed E-state index contributed by atoms with van der Waals surface area (Å²) in [5, 5.41) is 14.6. The average molecular weight is 323 g/mol. The molecular weight excluding hydrogens is 306 g/mol. The second kappa shape index (κ2) is 7.79. The molecular formula is C18H17N3O3. The van der Waals surface area contributed by atoms with Gasteiger partial charge in [-0.15, -0.1) is 0 Å². The topological polar surface area (TPSA) is 91.2 Å². The predicted molar refractivity (Wildman–Crippen MR) is 90.8 cm³/mol. The Morgan fingerprint density at radius 2 is 2.00 bits per heavy atom. The first-order valence-electron chi connectivity index (χ1n) is 7.26. The summed E-state index contributed by atoms with van der Waals surface area (Å²) in [5.41, 5.74) is 2.96. The minimum Gasteiger partial charge on any atom is -0.465 e. The normalized spacial score (nSPS) is 9.71. The van der Waals surface area contributed by atoms with E-state index in [4.69, 9.17) is 5.26 Å². The molecule has 6 nitrogen and oxygen atoms in total. The number of rotatable bonds is 5. The fraction of sp³-hybridized carbons (Fsp3) is 0.167. The number of carbonyl (C=O) groups excluding carboxylic acids is 2. The van der Waals surface area contributed by atoms with Crippen LogP contribution in [0.3, 0.4) is 0 Å². The molecule has 0 atom stereocenters. The van der Waals surface area contributed by atoms with Crippen LogP contribution in [0.5, 0.6) is 0 Å². The summed E-state index contributed by atoms with van der Waals surface area (Å²) < 4.78 is 4.67. The van der Waals surface area contributed by atoms with E-state index in [2.05, 4.69) is 15.4 Å². The van der Waals surface area contributed by atoms with Gasteiger partial charge in [-0.1, -0.05) is 12.1 Å². The maximum Gasteiger partial charge on any atom is 0.337 e. The monoisotopic (exact) mass is 323 g/mol. The van der Waals surface area contributed by atoms with Crippen LogP contribution in [0.25, 0.3) is 0 Å². The van der Waals surface area contributed by atoms with Gasteiger partial charge in [-0.2, -0.15) is 5.26 Å². The molecule has 0 unspecified atom stereocenters. The van der Waals surface area contributed by atoms with E-state index >= 15 is 0 Å². The van der Waals surface area contributed by atoms with Gasteiger partial charge in [0, 0.05) is 11.4 Å². The van der Waals surface area contributed by atoms with Crippen molar-refractivity contribution in [3.05, 3.63) is 59.2 Å². The number of esters is 1. The lowest BCUT2D eigenvalue weighted by atomic mass is 10.1. The third-order valence-corrected chi connectivity index (χ3v) is 3.38. The quantitative estimate of drug-likeness (QED) is 0.826. The molecule has 122 valence electrons. The number of ether oxygens (including phenoxy) is 1. The van der Waals surface area contributed by atoms with E-state index in [9.17, 15) is 9.59 Å². The first-order chi connectivity index (χ1) is 11.5. The van der Waals surface area contributed by atoms with Crippen molar-refractivity contribution in [1.82, 2.24) is 0 Å². The van der Waals surface area contributed by atoms with Crippen molar-refractivity contribution in [1.29, 1.82) is 5.26 Å². The minimum atomic E-state index is -0.461. The number of nitriles is 1. The molecule has 0 aliphatic heterocycles. The first kappa shape index (κ1) is 17.0. The number of hydrogen-bond donors (Lipinski definition) is 2. The Morgan fingerprint density at radius 3 is 2.71 bits per heavy atom. The Morgan fingerprint density at radius 1 is 1.21 bits per heavy atom. The van der Waals surface area contributed by atoms with Crippen LogP contribution >= 0.6 is 0 Å². The standard InChI is InChI=1S/C18H17N3O3/c1-12-6-7-14(18(23)24-2)9-16(12)21-17(22)11-20-15-5-3-4-13(8-15)10-19/h3-9,20H,11H2,1-2H3,(H,21,22). The Labute approximate surface area is 140 Å². The number of nitrogens with zero attached hydrogens (tertiary/aromatic N) is 1. The Balaban J connectivity index is 2.02. The van der Waals surface area contributed by atoms with Gasteiger partial charge in [0.25, 0.3) is 0 Å². The molecule has 0 heterocycles. The zero-order valence-electron chi connectivity index (χ0n) is 13.4. The molecule has 0 saturated carbocycles. The molecule has 0 aliphatic carbocycles. The number of anilines is 2. The van der Waals surface area contributed by atoms with E-state index < -0.39 is 5.97 Å². The molecule has 0 aliphatic rings. The van der Waals surface area contributed by atoms with Gasteiger partial charge in [0.15, 0.2) is 0 Å². The number of aryl methyl sites for hydroxylation is 1. The summed E-state index contributed by atoms with van der Waals surface area (Å²) in [5.74, 6) is -0.723. The SMILES string of the molecule is COC(=O)c1ccc(C)c(NC(=O)CNc2cccc(C#N)c2)c1. The first-order valence-corrected chi connectivity index (χ1v) is 7.26. The molecule has 6 heteroatoms. The molecule has 2 N–H and O–H groups in total. The second-order valence-electron chi connectivity index (χ2n) is 5.12. The number of benzene rings is 2. The van der Waals surface area contributed by atoms with Crippen molar-refractivity contribution in [2.24, 2.45) is 0 Å². The molecule has 0 bridgehead atoms. The smallest absolute Gasteiger partial charge is 0.337 e. The third kappa shape index (κ3) is 4.34. The van der Waals surface area contributed by atoms with Crippen LogP contribution in [0.2, 0.25) is 0 Å². The molecule has 0 spiro atoms. The lowest BCUT2D eigenvalue weighted by molar-refractivity contribution is -0.114. The highest BCUT2D eigenvalue weighted by atomic mass is 16.5. The van der Waals surface area contributed by atoms with Crippen LogP contribution in [-0.2, 0) is 9.53 Å². The number of nitrogens with one attached hydrogen (secondary N) is 2. The molecule has 2 aromatic rings. The van der Waals surface area contributed by atoms with Gasteiger partial charge in [0.2, 0.25) is 5.91 Å².